The van der Waals surface area contributed by atoms with Gasteiger partial charge in [0.25, 0.3) is 0 Å². The van der Waals surface area contributed by atoms with Gasteiger partial charge in [-0.15, -0.1) is 0 Å². The molecule has 1 atom stereocenters. The molecular weight excluding hydrogens is 404 g/mol. The second-order valence-corrected chi connectivity index (χ2v) is 10.5. The third kappa shape index (κ3) is 13.8. The van der Waals surface area contributed by atoms with Gasteiger partial charge in [-0.3, -0.25) is 4.79 Å². The maximum atomic E-state index is 12.6. The number of nitrogens with one attached hydrogen (secondary N) is 1. The molecule has 1 saturated heterocycles. The molecule has 1 aromatic carbocycles. The summed E-state index contributed by atoms with van der Waals surface area (Å²) in [4.78, 5) is 15.2. The predicted octanol–water partition coefficient (Wildman–Crippen LogP) is 7.60. The van der Waals surface area contributed by atoms with Crippen LogP contribution in [0.25, 0.3) is 0 Å². The molecule has 0 saturated carbocycles. The number of hydrogen-bond acceptors (Lipinski definition) is 2. The smallest absolute Gasteiger partial charge is 0.220 e. The number of hydrogen-bond donors (Lipinski definition) is 1. The molecule has 0 unspecified atom stereocenters. The lowest BCUT2D eigenvalue weighted by molar-refractivity contribution is -0.122. The largest absolute Gasteiger partial charge is 0.352 e. The van der Waals surface area contributed by atoms with Crippen LogP contribution in [-0.2, 0) is 11.2 Å². The zero-order valence-corrected chi connectivity index (χ0v) is 21.9. The average molecular weight is 457 g/mol. The van der Waals surface area contributed by atoms with Gasteiger partial charge in [-0.2, -0.15) is 0 Å². The number of benzene rings is 1. The number of likely N-dealkylation sites (tertiary alicyclic amines) is 1. The van der Waals surface area contributed by atoms with Crippen molar-refractivity contribution in [1.29, 1.82) is 0 Å². The van der Waals surface area contributed by atoms with Gasteiger partial charge in [0.1, 0.15) is 0 Å². The monoisotopic (exact) mass is 456 g/mol. The van der Waals surface area contributed by atoms with Gasteiger partial charge >= 0.3 is 0 Å². The van der Waals surface area contributed by atoms with Gasteiger partial charge < -0.3 is 10.2 Å². The van der Waals surface area contributed by atoms with Crippen molar-refractivity contribution in [3.63, 3.8) is 0 Å². The van der Waals surface area contributed by atoms with E-state index >= 15 is 0 Å². The predicted molar refractivity (Wildman–Crippen MR) is 143 cm³/mol. The van der Waals surface area contributed by atoms with Crippen molar-refractivity contribution in [3.05, 3.63) is 35.4 Å². The van der Waals surface area contributed by atoms with Crippen molar-refractivity contribution in [2.45, 2.75) is 129 Å². The van der Waals surface area contributed by atoms with Crippen molar-refractivity contribution in [2.24, 2.45) is 0 Å². The molecule has 1 aromatic rings. The molecule has 1 fully saturated rings. The van der Waals surface area contributed by atoms with Gasteiger partial charge in [0.2, 0.25) is 5.91 Å². The summed E-state index contributed by atoms with van der Waals surface area (Å²) >= 11 is 0. The van der Waals surface area contributed by atoms with Crippen LogP contribution >= 0.6 is 0 Å². The summed E-state index contributed by atoms with van der Waals surface area (Å²) in [5.41, 5.74) is 2.62. The fraction of sp³-hybridized carbons (Fsp3) is 0.767. The van der Waals surface area contributed by atoms with Crippen LogP contribution in [0.1, 0.15) is 121 Å². The zero-order chi connectivity index (χ0) is 23.6. The minimum absolute atomic E-state index is 0.222. The zero-order valence-electron chi connectivity index (χ0n) is 21.9. The molecule has 1 amide bonds. The molecular formula is C30H52N2O. The number of nitrogens with zero attached hydrogens (tertiary/aromatic N) is 1. The van der Waals surface area contributed by atoms with E-state index in [1.165, 1.54) is 114 Å². The maximum absolute atomic E-state index is 12.6. The molecule has 0 aromatic heterocycles. The van der Waals surface area contributed by atoms with Crippen LogP contribution in [0.15, 0.2) is 24.3 Å². The first-order chi connectivity index (χ1) is 16.2. The highest BCUT2D eigenvalue weighted by Gasteiger charge is 2.19. The molecule has 188 valence electrons. The summed E-state index contributed by atoms with van der Waals surface area (Å²) in [6.45, 7) is 7.75. The Kier molecular flexibility index (Phi) is 15.2. The van der Waals surface area contributed by atoms with E-state index in [9.17, 15) is 4.79 Å². The Morgan fingerprint density at radius 1 is 0.818 bits per heavy atom. The normalized spacial score (nSPS) is 15.1. The van der Waals surface area contributed by atoms with Crippen LogP contribution in [0.5, 0.6) is 0 Å². The van der Waals surface area contributed by atoms with Crippen molar-refractivity contribution in [2.75, 3.05) is 19.6 Å². The lowest BCUT2D eigenvalue weighted by Gasteiger charge is -2.25. The molecule has 33 heavy (non-hydrogen) atoms. The third-order valence-corrected chi connectivity index (χ3v) is 7.15. The van der Waals surface area contributed by atoms with Gasteiger partial charge in [0, 0.05) is 19.0 Å². The standard InChI is InChI=1S/C30H52N2O/c1-3-4-5-6-7-8-9-10-11-12-13-14-15-18-30(33)31-29(26-32-23-16-17-24-32)25-28-21-19-27(2)20-22-28/h19-22,29H,3-18,23-26H2,1-2H3,(H,31,33)/t29-/m0/s1. The highest BCUT2D eigenvalue weighted by molar-refractivity contribution is 5.76. The average Bonchev–Trinajstić information content (AvgIpc) is 3.31. The minimum atomic E-state index is 0.222. The number of aryl methyl sites for hydroxylation is 1. The Morgan fingerprint density at radius 3 is 1.88 bits per heavy atom. The van der Waals surface area contributed by atoms with Crippen LogP contribution in [0.2, 0.25) is 0 Å². The van der Waals surface area contributed by atoms with Gasteiger partial charge in [0.15, 0.2) is 0 Å². The van der Waals surface area contributed by atoms with E-state index in [4.69, 9.17) is 0 Å². The van der Waals surface area contributed by atoms with Crippen LogP contribution < -0.4 is 5.32 Å². The van der Waals surface area contributed by atoms with Crippen molar-refractivity contribution < 1.29 is 4.79 Å². The Hall–Kier alpha value is -1.35. The topological polar surface area (TPSA) is 32.3 Å². The van der Waals surface area contributed by atoms with Crippen LogP contribution in [0.3, 0.4) is 0 Å². The van der Waals surface area contributed by atoms with E-state index in [0.717, 1.165) is 19.4 Å². The highest BCUT2D eigenvalue weighted by Crippen LogP contribution is 2.14. The Bertz CT molecular complexity index is 606. The summed E-state index contributed by atoms with van der Waals surface area (Å²) in [5, 5.41) is 3.37. The maximum Gasteiger partial charge on any atom is 0.220 e. The lowest BCUT2D eigenvalue weighted by atomic mass is 10.0. The van der Waals surface area contributed by atoms with Crippen LogP contribution in [0.4, 0.5) is 0 Å². The van der Waals surface area contributed by atoms with Gasteiger partial charge in [-0.05, 0) is 51.3 Å². The van der Waals surface area contributed by atoms with Crippen LogP contribution in [0, 0.1) is 6.92 Å². The van der Waals surface area contributed by atoms with Crippen molar-refractivity contribution >= 4 is 5.91 Å². The third-order valence-electron chi connectivity index (χ3n) is 7.15. The minimum Gasteiger partial charge on any atom is -0.352 e. The molecule has 3 nitrogen and oxygen atoms in total. The van der Waals surface area contributed by atoms with E-state index in [1.54, 1.807) is 0 Å². The van der Waals surface area contributed by atoms with E-state index in [0.29, 0.717) is 6.42 Å². The summed E-state index contributed by atoms with van der Waals surface area (Å²) < 4.78 is 0. The molecule has 0 spiro atoms. The number of amides is 1. The van der Waals surface area contributed by atoms with Gasteiger partial charge in [-0.1, -0.05) is 114 Å². The van der Waals surface area contributed by atoms with E-state index in [2.05, 4.69) is 48.3 Å². The van der Waals surface area contributed by atoms with Crippen LogP contribution in [-0.4, -0.2) is 36.5 Å². The van der Waals surface area contributed by atoms with Gasteiger partial charge in [-0.25, -0.2) is 0 Å². The molecule has 0 radical (unpaired) electrons. The number of carbonyl (C=O) groups is 1. The Morgan fingerprint density at radius 2 is 1.33 bits per heavy atom. The van der Waals surface area contributed by atoms with Gasteiger partial charge in [0.05, 0.1) is 0 Å². The quantitative estimate of drug-likeness (QED) is 0.217. The van der Waals surface area contributed by atoms with E-state index in [1.807, 2.05) is 0 Å². The first kappa shape index (κ1) is 27.9. The van der Waals surface area contributed by atoms with Crippen molar-refractivity contribution in [3.8, 4) is 0 Å². The first-order valence-corrected chi connectivity index (χ1v) is 14.2. The van der Waals surface area contributed by atoms with E-state index in [-0.39, 0.29) is 11.9 Å². The molecule has 2 rings (SSSR count). The molecule has 1 aliphatic rings. The second-order valence-electron chi connectivity index (χ2n) is 10.5. The fourth-order valence-corrected chi connectivity index (χ4v) is 5.05. The molecule has 1 N–H and O–H groups in total. The summed E-state index contributed by atoms with van der Waals surface area (Å²) in [7, 11) is 0. The lowest BCUT2D eigenvalue weighted by Crippen LogP contribution is -2.44. The highest BCUT2D eigenvalue weighted by atomic mass is 16.1. The number of unbranched alkanes of at least 4 members (excludes halogenated alkanes) is 12. The second kappa shape index (κ2) is 18.0. The molecule has 0 aliphatic carbocycles. The molecule has 0 bridgehead atoms. The molecule has 1 aliphatic heterocycles. The van der Waals surface area contributed by atoms with Crippen molar-refractivity contribution in [1.82, 2.24) is 10.2 Å². The SMILES string of the molecule is CCCCCCCCCCCCCCCC(=O)N[C@@H](Cc1ccc(C)cc1)CN1CCCC1. The Balaban J connectivity index is 1.54. The molecule has 3 heteroatoms. The summed E-state index contributed by atoms with van der Waals surface area (Å²) in [6, 6.07) is 9.01. The number of rotatable bonds is 19. The first-order valence-electron chi connectivity index (χ1n) is 14.2. The Labute approximate surface area is 205 Å². The fourth-order valence-electron chi connectivity index (χ4n) is 5.05. The van der Waals surface area contributed by atoms with E-state index < -0.39 is 0 Å². The number of carbonyl (C=O) groups excluding carboxylic acids is 1. The summed E-state index contributed by atoms with van der Waals surface area (Å²) in [5.74, 6) is 0.245. The summed E-state index contributed by atoms with van der Waals surface area (Å²) in [6.07, 6.45) is 21.7. The molecule has 1 heterocycles.